The van der Waals surface area contributed by atoms with Crippen LogP contribution in [0.25, 0.3) is 0 Å². The predicted molar refractivity (Wildman–Crippen MR) is 64.8 cm³/mol. The zero-order valence-corrected chi connectivity index (χ0v) is 10.7. The SMILES string of the molecule is C=CCCCS(=O)(=O)c1ccc(F)c(C(=O)O)c1F. The summed E-state index contributed by atoms with van der Waals surface area (Å²) in [6.07, 6.45) is 2.16. The maximum Gasteiger partial charge on any atom is 0.341 e. The molecular formula is C12H12F2O4S. The number of rotatable bonds is 6. The Balaban J connectivity index is 3.25. The number of unbranched alkanes of at least 4 members (excludes halogenated alkanes) is 1. The second-order valence-electron chi connectivity index (χ2n) is 3.79. The summed E-state index contributed by atoms with van der Waals surface area (Å²) in [7, 11) is -3.99. The van der Waals surface area contributed by atoms with E-state index in [0.717, 1.165) is 6.07 Å². The molecule has 7 heteroatoms. The van der Waals surface area contributed by atoms with Gasteiger partial charge in [0.1, 0.15) is 16.3 Å². The Kier molecular flexibility index (Phi) is 4.77. The van der Waals surface area contributed by atoms with E-state index >= 15 is 0 Å². The molecule has 0 atom stereocenters. The number of sulfone groups is 1. The van der Waals surface area contributed by atoms with Crippen molar-refractivity contribution in [2.45, 2.75) is 17.7 Å². The van der Waals surface area contributed by atoms with Gasteiger partial charge in [0.2, 0.25) is 0 Å². The number of hydrogen-bond acceptors (Lipinski definition) is 3. The molecule has 1 N–H and O–H groups in total. The molecule has 0 aliphatic carbocycles. The maximum absolute atomic E-state index is 13.8. The van der Waals surface area contributed by atoms with Crippen molar-refractivity contribution in [2.24, 2.45) is 0 Å². The van der Waals surface area contributed by atoms with E-state index in [4.69, 9.17) is 5.11 Å². The Bertz CT molecular complexity index is 608. The van der Waals surface area contributed by atoms with Crippen molar-refractivity contribution >= 4 is 15.8 Å². The largest absolute Gasteiger partial charge is 0.477 e. The minimum atomic E-state index is -3.99. The first-order chi connectivity index (χ1) is 8.81. The number of carboxylic acid groups (broad SMARTS) is 1. The van der Waals surface area contributed by atoms with Gasteiger partial charge in [0, 0.05) is 0 Å². The Hall–Kier alpha value is -1.76. The highest BCUT2D eigenvalue weighted by atomic mass is 32.2. The molecule has 0 saturated carbocycles. The van der Waals surface area contributed by atoms with Crippen molar-refractivity contribution in [3.8, 4) is 0 Å². The molecule has 4 nitrogen and oxygen atoms in total. The molecule has 0 bridgehead atoms. The van der Waals surface area contributed by atoms with Gasteiger partial charge in [0.25, 0.3) is 0 Å². The standard InChI is InChI=1S/C12H12F2O4S/c1-2-3-4-7-19(17,18)9-6-5-8(13)10(11(9)14)12(15)16/h2,5-6H,1,3-4,7H2,(H,15,16). The fraction of sp³-hybridized carbons (Fsp3) is 0.250. The fourth-order valence-corrected chi connectivity index (χ4v) is 2.91. The summed E-state index contributed by atoms with van der Waals surface area (Å²) in [5.74, 6) is -5.08. The van der Waals surface area contributed by atoms with Crippen LogP contribution in [0.4, 0.5) is 8.78 Å². The molecule has 0 radical (unpaired) electrons. The molecule has 0 saturated heterocycles. The lowest BCUT2D eigenvalue weighted by Gasteiger charge is -2.07. The zero-order chi connectivity index (χ0) is 14.6. The Morgan fingerprint density at radius 2 is 2.00 bits per heavy atom. The molecule has 104 valence electrons. The average Bonchev–Trinajstić information content (AvgIpc) is 2.28. The van der Waals surface area contributed by atoms with Gasteiger partial charge >= 0.3 is 5.97 Å². The third kappa shape index (κ3) is 3.37. The minimum Gasteiger partial charge on any atom is -0.477 e. The topological polar surface area (TPSA) is 71.4 Å². The lowest BCUT2D eigenvalue weighted by molar-refractivity contribution is 0.0685. The normalized spacial score (nSPS) is 11.3. The van der Waals surface area contributed by atoms with Gasteiger partial charge in [-0.15, -0.1) is 6.58 Å². The summed E-state index contributed by atoms with van der Waals surface area (Å²) in [4.78, 5) is 9.90. The van der Waals surface area contributed by atoms with Crippen LogP contribution in [0.3, 0.4) is 0 Å². The van der Waals surface area contributed by atoms with Crippen LogP contribution >= 0.6 is 0 Å². The van der Waals surface area contributed by atoms with Crippen LogP contribution in [0, 0.1) is 11.6 Å². The molecule has 0 aliphatic rings. The summed E-state index contributed by atoms with van der Waals surface area (Å²) >= 11 is 0. The van der Waals surface area contributed by atoms with Gasteiger partial charge in [-0.3, -0.25) is 0 Å². The first-order valence-corrected chi connectivity index (χ1v) is 7.01. The van der Waals surface area contributed by atoms with E-state index in [1.165, 1.54) is 6.08 Å². The van der Waals surface area contributed by atoms with Crippen LogP contribution in [0.15, 0.2) is 29.7 Å². The molecule has 1 rings (SSSR count). The van der Waals surface area contributed by atoms with Crippen molar-refractivity contribution in [1.29, 1.82) is 0 Å². The predicted octanol–water partition coefficient (Wildman–Crippen LogP) is 2.40. The monoisotopic (exact) mass is 290 g/mol. The summed E-state index contributed by atoms with van der Waals surface area (Å²) in [6, 6.07) is 1.37. The smallest absolute Gasteiger partial charge is 0.341 e. The van der Waals surface area contributed by atoms with Gasteiger partial charge in [-0.2, -0.15) is 0 Å². The van der Waals surface area contributed by atoms with E-state index < -0.39 is 37.9 Å². The first kappa shape index (κ1) is 15.3. The van der Waals surface area contributed by atoms with Gasteiger partial charge in [-0.1, -0.05) is 6.08 Å². The Labute approximate surface area is 109 Å². The molecule has 0 amide bonds. The van der Waals surface area contributed by atoms with Crippen LogP contribution in [-0.2, 0) is 9.84 Å². The van der Waals surface area contributed by atoms with E-state index in [2.05, 4.69) is 6.58 Å². The van der Waals surface area contributed by atoms with E-state index in [9.17, 15) is 22.0 Å². The summed E-state index contributed by atoms with van der Waals surface area (Å²) in [5.41, 5.74) is -1.26. The van der Waals surface area contributed by atoms with Crippen LogP contribution < -0.4 is 0 Å². The number of carboxylic acids is 1. The molecule has 0 aromatic heterocycles. The van der Waals surface area contributed by atoms with Gasteiger partial charge < -0.3 is 5.11 Å². The first-order valence-electron chi connectivity index (χ1n) is 5.36. The van der Waals surface area contributed by atoms with E-state index in [-0.39, 0.29) is 12.2 Å². The van der Waals surface area contributed by atoms with E-state index in [1.807, 2.05) is 0 Å². The van der Waals surface area contributed by atoms with E-state index in [1.54, 1.807) is 0 Å². The van der Waals surface area contributed by atoms with Gasteiger partial charge in [0.05, 0.1) is 5.75 Å². The van der Waals surface area contributed by atoms with Gasteiger partial charge in [0.15, 0.2) is 15.7 Å². The van der Waals surface area contributed by atoms with Crippen LogP contribution in [0.5, 0.6) is 0 Å². The number of hydrogen-bond donors (Lipinski definition) is 1. The summed E-state index contributed by atoms with van der Waals surface area (Å²) in [6.45, 7) is 3.42. The minimum absolute atomic E-state index is 0.227. The number of carbonyl (C=O) groups is 1. The van der Waals surface area contributed by atoms with Crippen molar-refractivity contribution in [3.63, 3.8) is 0 Å². The molecule has 0 aliphatic heterocycles. The second kappa shape index (κ2) is 5.92. The van der Waals surface area contributed by atoms with E-state index in [0.29, 0.717) is 12.5 Å². The van der Waals surface area contributed by atoms with Gasteiger partial charge in [-0.25, -0.2) is 22.0 Å². The molecule has 0 spiro atoms. The van der Waals surface area contributed by atoms with Crippen LogP contribution in [0.1, 0.15) is 23.2 Å². The van der Waals surface area contributed by atoms with Crippen molar-refractivity contribution < 1.29 is 27.1 Å². The lowest BCUT2D eigenvalue weighted by atomic mass is 10.2. The van der Waals surface area contributed by atoms with Crippen LogP contribution in [-0.4, -0.2) is 25.2 Å². The molecule has 19 heavy (non-hydrogen) atoms. The molecule has 1 aromatic carbocycles. The van der Waals surface area contributed by atoms with Crippen molar-refractivity contribution in [3.05, 3.63) is 42.0 Å². The molecule has 0 fully saturated rings. The third-order valence-electron chi connectivity index (χ3n) is 2.43. The highest BCUT2D eigenvalue weighted by molar-refractivity contribution is 7.91. The fourth-order valence-electron chi connectivity index (χ4n) is 1.50. The number of aromatic carboxylic acids is 1. The number of benzene rings is 1. The van der Waals surface area contributed by atoms with Gasteiger partial charge in [-0.05, 0) is 25.0 Å². The lowest BCUT2D eigenvalue weighted by Crippen LogP contribution is -2.13. The average molecular weight is 290 g/mol. The van der Waals surface area contributed by atoms with Crippen molar-refractivity contribution in [2.75, 3.05) is 5.75 Å². The molecule has 1 aromatic rings. The molecule has 0 unspecified atom stereocenters. The summed E-state index contributed by atoms with van der Waals surface area (Å²) in [5, 5.41) is 8.66. The highest BCUT2D eigenvalue weighted by Crippen LogP contribution is 2.22. The van der Waals surface area contributed by atoms with Crippen molar-refractivity contribution in [1.82, 2.24) is 0 Å². The second-order valence-corrected chi connectivity index (χ2v) is 5.87. The maximum atomic E-state index is 13.8. The number of halogens is 2. The summed E-state index contributed by atoms with van der Waals surface area (Å²) < 4.78 is 50.6. The Morgan fingerprint density at radius 3 is 2.53 bits per heavy atom. The Morgan fingerprint density at radius 1 is 1.37 bits per heavy atom. The zero-order valence-electron chi connectivity index (χ0n) is 9.90. The van der Waals surface area contributed by atoms with Crippen LogP contribution in [0.2, 0.25) is 0 Å². The highest BCUT2D eigenvalue weighted by Gasteiger charge is 2.26. The molecule has 0 heterocycles. The third-order valence-corrected chi connectivity index (χ3v) is 4.24. The number of allylic oxidation sites excluding steroid dienone is 1. The quantitative estimate of drug-likeness (QED) is 0.496. The molecular weight excluding hydrogens is 278 g/mol.